The van der Waals surface area contributed by atoms with Crippen molar-refractivity contribution in [3.8, 4) is 415 Å². The number of hydrogen-bond donors (Lipinski definition) is 0. The predicted molar refractivity (Wildman–Crippen MR) is 356 cm³/mol. The molecule has 0 fully saturated rings. The van der Waals surface area contributed by atoms with Crippen LogP contribution in [0.2, 0.25) is 0 Å². The SMILES string of the molecule is C#CC#CC#CC#CC#CC#CC#CC#CC#CC#CC#CC#CC#CC#CC#CC#CC#CC#CC#CC#CC#CC#CC#CC#CC#CC#CC#CC#CC#CC#CC#CC#CC#CC#CC#C.CCN(CCOCCOC)C(C)c1ccc2c(c1)CC2. The number of likely N-dealkylation sites (N-methyl/N-ethyl adjacent to an activating group) is 1. The van der Waals surface area contributed by atoms with Gasteiger partial charge in [-0.15, -0.1) is 12.8 Å². The molecule has 0 spiro atoms. The zero-order valence-corrected chi connectivity index (χ0v) is 48.2. The van der Waals surface area contributed by atoms with Gasteiger partial charge in [-0.2, -0.15) is 0 Å². The Hall–Kier alpha value is -16.3. The number of fused-ring (bicyclic) bond motifs is 1. The second-order valence-electron chi connectivity index (χ2n) is 14.0. The van der Waals surface area contributed by atoms with E-state index in [-0.39, 0.29) is 0 Å². The summed E-state index contributed by atoms with van der Waals surface area (Å²) in [6.45, 7) is 8.65. The van der Waals surface area contributed by atoms with Gasteiger partial charge in [-0.05, 0) is 138 Å². The van der Waals surface area contributed by atoms with Crippen molar-refractivity contribution in [2.45, 2.75) is 32.7 Å². The zero-order valence-electron chi connectivity index (χ0n) is 48.2. The Kier molecular flexibility index (Phi) is 48.1. The lowest BCUT2D eigenvalue weighted by molar-refractivity contribution is 0.0518. The second kappa shape index (κ2) is 60.3. The van der Waals surface area contributed by atoms with Crippen molar-refractivity contribution < 1.29 is 9.47 Å². The maximum atomic E-state index is 5.58. The van der Waals surface area contributed by atoms with Crippen LogP contribution in [0.5, 0.6) is 0 Å². The number of rotatable bonds is 9. The van der Waals surface area contributed by atoms with Gasteiger partial charge < -0.3 is 9.47 Å². The van der Waals surface area contributed by atoms with Gasteiger partial charge in [0.05, 0.1) is 19.8 Å². The third kappa shape index (κ3) is 48.8. The smallest absolute Gasteiger partial charge is 0.0700 e. The average Bonchev–Trinajstić information content (AvgIpc) is 1.20. The molecule has 0 bridgehead atoms. The number of benzene rings is 1. The fourth-order valence-corrected chi connectivity index (χ4v) is 4.81. The van der Waals surface area contributed by atoms with E-state index < -0.39 is 0 Å². The Morgan fingerprint density at radius 2 is 0.522 bits per heavy atom. The van der Waals surface area contributed by atoms with Gasteiger partial charge in [-0.25, -0.2) is 0 Å². The van der Waals surface area contributed by atoms with Crippen molar-refractivity contribution >= 4 is 0 Å². The minimum absolute atomic E-state index is 0.455. The molecular formula is C87H29NO2. The largest absolute Gasteiger partial charge is 0.382 e. The molecule has 1 aromatic rings. The molecular weight excluding hydrogens is 1090 g/mol. The highest BCUT2D eigenvalue weighted by atomic mass is 16.5. The maximum absolute atomic E-state index is 5.58. The fraction of sp³-hybridized carbons (Fsp3) is 0.126. The predicted octanol–water partition coefficient (Wildman–Crippen LogP) is 3.20. The first-order chi connectivity index (χ1) is 44.7. The average molecular weight is 1120 g/mol. The van der Waals surface area contributed by atoms with E-state index in [1.165, 1.54) is 24.0 Å². The van der Waals surface area contributed by atoms with E-state index >= 15 is 0 Å². The molecule has 0 heterocycles. The fourth-order valence-electron chi connectivity index (χ4n) is 4.81. The van der Waals surface area contributed by atoms with Gasteiger partial charge in [0.15, 0.2) is 0 Å². The van der Waals surface area contributed by atoms with Gasteiger partial charge in [0.25, 0.3) is 0 Å². The van der Waals surface area contributed by atoms with Crippen LogP contribution in [0.25, 0.3) is 0 Å². The number of terminal acetylenes is 2. The van der Waals surface area contributed by atoms with Crippen LogP contribution in [-0.2, 0) is 22.3 Å². The van der Waals surface area contributed by atoms with E-state index in [0.29, 0.717) is 19.3 Å². The van der Waals surface area contributed by atoms with Crippen LogP contribution in [0, 0.1) is 415 Å². The standard InChI is InChI=1S/C70H2.C17H27NO2/c1-3-5-7-9-11-13-15-17-19-21-23-25-27-29-31-33-35-37-39-41-43-45-47-49-51-53-55-57-59-61-63-65-67-69-70-68-66-64-62-60-58-56-54-52-50-48-46-44-42-40-38-36-34-32-30-28-26-24-22-20-18-16-14-12-10-8-6-4-2;1-4-18(9-10-20-12-11-19-3)14(2)16-7-5-15-6-8-17(15)13-16/h1-2H;5,7,13-14H,4,6,8-12H2,1-3H3. The highest BCUT2D eigenvalue weighted by Crippen LogP contribution is 2.28. The summed E-state index contributed by atoms with van der Waals surface area (Å²) in [5.41, 5.74) is 4.51. The number of methoxy groups -OCH3 is 1. The van der Waals surface area contributed by atoms with Crippen LogP contribution >= 0.6 is 0 Å². The zero-order chi connectivity index (χ0) is 64.5. The maximum Gasteiger partial charge on any atom is 0.0700 e. The molecule has 3 heteroatoms. The van der Waals surface area contributed by atoms with Crippen LogP contribution in [0.1, 0.15) is 36.6 Å². The lowest BCUT2D eigenvalue weighted by atomic mass is 9.86. The van der Waals surface area contributed by atoms with Crippen molar-refractivity contribution in [2.24, 2.45) is 0 Å². The van der Waals surface area contributed by atoms with Crippen LogP contribution in [0.3, 0.4) is 0 Å². The summed E-state index contributed by atoms with van der Waals surface area (Å²) in [5.74, 6) is 168. The highest BCUT2D eigenvalue weighted by molar-refractivity contribution is 5.53. The second-order valence-corrected chi connectivity index (χ2v) is 14.0. The summed E-state index contributed by atoms with van der Waals surface area (Å²) in [6, 6.07) is 7.43. The van der Waals surface area contributed by atoms with Crippen molar-refractivity contribution in [2.75, 3.05) is 40.0 Å². The molecule has 1 unspecified atom stereocenters. The Balaban J connectivity index is 0.00000169. The van der Waals surface area contributed by atoms with E-state index in [9.17, 15) is 0 Å². The molecule has 1 aliphatic carbocycles. The number of ether oxygens (including phenoxy) is 2. The molecule has 394 valence electrons. The Morgan fingerprint density at radius 3 is 0.689 bits per heavy atom. The minimum atomic E-state index is 0.455. The van der Waals surface area contributed by atoms with Gasteiger partial charge in [0.1, 0.15) is 0 Å². The molecule has 90 heavy (non-hydrogen) atoms. The summed E-state index contributed by atoms with van der Waals surface area (Å²) >= 11 is 0. The van der Waals surface area contributed by atoms with E-state index in [1.807, 2.05) is 0 Å². The first-order valence-electron chi connectivity index (χ1n) is 25.0. The van der Waals surface area contributed by atoms with Gasteiger partial charge in [-0.1, -0.05) is 25.1 Å². The molecule has 0 saturated carbocycles. The van der Waals surface area contributed by atoms with Crippen molar-refractivity contribution in [3.63, 3.8) is 0 Å². The number of aryl methyl sites for hydroxylation is 2. The minimum Gasteiger partial charge on any atom is -0.382 e. The molecule has 0 aromatic heterocycles. The van der Waals surface area contributed by atoms with E-state index in [1.54, 1.807) is 12.7 Å². The molecule has 1 aromatic carbocycles. The molecule has 0 aliphatic heterocycles. The van der Waals surface area contributed by atoms with Gasteiger partial charge >= 0.3 is 0 Å². The Bertz CT molecular complexity index is 5100. The van der Waals surface area contributed by atoms with Crippen LogP contribution in [-0.4, -0.2) is 44.9 Å². The van der Waals surface area contributed by atoms with Crippen LogP contribution < -0.4 is 0 Å². The lowest BCUT2D eigenvalue weighted by Gasteiger charge is -2.30. The normalized spacial score (nSPS) is 6.38. The van der Waals surface area contributed by atoms with Crippen molar-refractivity contribution in [1.29, 1.82) is 0 Å². The number of nitrogens with zero attached hydrogens (tertiary/aromatic N) is 1. The molecule has 1 aliphatic rings. The van der Waals surface area contributed by atoms with Crippen molar-refractivity contribution in [3.05, 3.63) is 34.9 Å². The van der Waals surface area contributed by atoms with E-state index in [2.05, 4.69) is 440 Å². The molecule has 0 N–H and O–H groups in total. The first-order valence-corrected chi connectivity index (χ1v) is 25.0. The molecule has 1 atom stereocenters. The Morgan fingerprint density at radius 1 is 0.311 bits per heavy atom. The Labute approximate surface area is 534 Å². The van der Waals surface area contributed by atoms with Crippen LogP contribution in [0.4, 0.5) is 0 Å². The molecule has 2 rings (SSSR count). The summed E-state index contributed by atoms with van der Waals surface area (Å²) in [7, 11) is 1.70. The number of hydrogen-bond acceptors (Lipinski definition) is 3. The molecule has 3 nitrogen and oxygen atoms in total. The third-order valence-electron chi connectivity index (χ3n) is 8.49. The summed E-state index contributed by atoms with van der Waals surface area (Å²) < 4.78 is 10.6. The molecule has 0 radical (unpaired) electrons. The molecule has 0 amide bonds. The summed E-state index contributed by atoms with van der Waals surface area (Å²) in [5, 5.41) is 0. The first kappa shape index (κ1) is 71.7. The van der Waals surface area contributed by atoms with Gasteiger partial charge in [-0.3, -0.25) is 4.90 Å². The van der Waals surface area contributed by atoms with Crippen molar-refractivity contribution in [1.82, 2.24) is 4.90 Å². The van der Waals surface area contributed by atoms with E-state index in [4.69, 9.17) is 22.3 Å². The quantitative estimate of drug-likeness (QED) is 0.281. The van der Waals surface area contributed by atoms with Gasteiger partial charge in [0.2, 0.25) is 0 Å². The summed E-state index contributed by atoms with van der Waals surface area (Å²) in [4.78, 5) is 2.47. The third-order valence-corrected chi connectivity index (χ3v) is 8.49. The highest BCUT2D eigenvalue weighted by Gasteiger charge is 2.18. The van der Waals surface area contributed by atoms with E-state index in [0.717, 1.165) is 19.7 Å². The monoisotopic (exact) mass is 1120 g/mol. The van der Waals surface area contributed by atoms with Crippen LogP contribution in [0.15, 0.2) is 18.2 Å². The summed E-state index contributed by atoms with van der Waals surface area (Å²) in [6.07, 6.45) is 12.4. The lowest BCUT2D eigenvalue weighted by Crippen LogP contribution is -2.31. The topological polar surface area (TPSA) is 21.7 Å². The molecule has 0 saturated heterocycles. The van der Waals surface area contributed by atoms with Gasteiger partial charge in [0, 0.05) is 328 Å².